The molecule has 6 nitrogen and oxygen atoms in total. The predicted molar refractivity (Wildman–Crippen MR) is 320 cm³/mol. The minimum Gasteiger partial charge on any atom is -0.462 e. The van der Waals surface area contributed by atoms with E-state index in [9.17, 15) is 14.4 Å². The van der Waals surface area contributed by atoms with Gasteiger partial charge in [0.2, 0.25) is 0 Å². The maximum absolute atomic E-state index is 12.9. The highest BCUT2D eigenvalue weighted by Gasteiger charge is 2.19. The Hall–Kier alpha value is -4.45. The SMILES string of the molecule is CC/C=C\C/C=C\C/C=C\C/C=C\C/C=C\CCCC(=O)OC(COC(=O)CCCCCCC/C=C\C/C=C\CCCC)COC(=O)CCCCCCCCCCCCCC/C=C\C/C=C\C/C=C\C/C=C\CC. The molecule has 1 atom stereocenters. The van der Waals surface area contributed by atoms with Crippen LogP contribution < -0.4 is 0 Å². The van der Waals surface area contributed by atoms with Crippen molar-refractivity contribution in [1.29, 1.82) is 0 Å². The first-order valence-electron chi connectivity index (χ1n) is 30.2. The van der Waals surface area contributed by atoms with E-state index in [1.807, 2.05) is 0 Å². The van der Waals surface area contributed by atoms with Crippen molar-refractivity contribution >= 4 is 17.9 Å². The van der Waals surface area contributed by atoms with Crippen LogP contribution in [-0.4, -0.2) is 37.2 Å². The average molecular weight is 1020 g/mol. The van der Waals surface area contributed by atoms with Gasteiger partial charge in [-0.15, -0.1) is 0 Å². The third kappa shape index (κ3) is 58.4. The lowest BCUT2D eigenvalue weighted by molar-refractivity contribution is -0.167. The van der Waals surface area contributed by atoms with Crippen molar-refractivity contribution < 1.29 is 28.6 Å². The third-order valence-electron chi connectivity index (χ3n) is 12.4. The molecule has 0 N–H and O–H groups in total. The highest BCUT2D eigenvalue weighted by molar-refractivity contribution is 5.71. The van der Waals surface area contributed by atoms with Crippen molar-refractivity contribution in [2.24, 2.45) is 0 Å². The van der Waals surface area contributed by atoms with E-state index in [1.54, 1.807) is 0 Å². The van der Waals surface area contributed by atoms with Crippen molar-refractivity contribution in [3.05, 3.63) is 134 Å². The summed E-state index contributed by atoms with van der Waals surface area (Å²) in [5.41, 5.74) is 0. The summed E-state index contributed by atoms with van der Waals surface area (Å²) < 4.78 is 16.8. The molecule has 0 aliphatic heterocycles. The summed E-state index contributed by atoms with van der Waals surface area (Å²) in [5, 5.41) is 0. The maximum atomic E-state index is 12.9. The summed E-state index contributed by atoms with van der Waals surface area (Å²) in [6.07, 6.45) is 86.0. The highest BCUT2D eigenvalue weighted by Crippen LogP contribution is 2.15. The van der Waals surface area contributed by atoms with Crippen LogP contribution in [0.1, 0.15) is 258 Å². The Bertz CT molecular complexity index is 1600. The standard InChI is InChI=1S/C68H110O6/c1-4-7-10-13-16-19-22-25-28-30-31-32-33-34-35-36-37-39-40-43-46-49-52-55-58-61-67(70)73-64-65(63-72-66(69)60-57-54-51-48-45-42-27-24-21-18-15-12-9-6-3)74-68(71)62-59-56-53-50-47-44-41-38-29-26-23-20-17-14-11-8-5-2/h7-8,10-11,15-20,24-29,31-32,41,44,50,53,65H,4-6,9,12-14,21-23,30,33-40,42-43,45-49,51-52,54-64H2,1-3H3/b10-7-,11-8-,18-15-,19-16-,20-17-,27-24-,28-25-,29-26-,32-31-,44-41-,53-50-. The van der Waals surface area contributed by atoms with Crippen molar-refractivity contribution in [3.8, 4) is 0 Å². The number of esters is 3. The first-order chi connectivity index (χ1) is 36.5. The summed E-state index contributed by atoms with van der Waals surface area (Å²) in [6, 6.07) is 0. The Morgan fingerprint density at radius 3 is 0.865 bits per heavy atom. The number of carbonyl (C=O) groups excluding carboxylic acids is 3. The zero-order valence-electron chi connectivity index (χ0n) is 47.8. The molecule has 0 heterocycles. The largest absolute Gasteiger partial charge is 0.462 e. The summed E-state index contributed by atoms with van der Waals surface area (Å²) in [7, 11) is 0. The molecular weight excluding hydrogens is 913 g/mol. The van der Waals surface area contributed by atoms with Gasteiger partial charge in [0.25, 0.3) is 0 Å². The summed E-state index contributed by atoms with van der Waals surface area (Å²) in [6.45, 7) is 6.31. The molecule has 0 aromatic rings. The third-order valence-corrected chi connectivity index (χ3v) is 12.4. The smallest absolute Gasteiger partial charge is 0.306 e. The van der Waals surface area contributed by atoms with Gasteiger partial charge in [0.05, 0.1) is 0 Å². The lowest BCUT2D eigenvalue weighted by Crippen LogP contribution is -2.30. The first-order valence-corrected chi connectivity index (χ1v) is 30.2. The van der Waals surface area contributed by atoms with E-state index in [2.05, 4.69) is 154 Å². The molecule has 0 saturated carbocycles. The van der Waals surface area contributed by atoms with Gasteiger partial charge in [0, 0.05) is 19.3 Å². The van der Waals surface area contributed by atoms with E-state index < -0.39 is 6.10 Å². The van der Waals surface area contributed by atoms with Crippen LogP contribution in [0.5, 0.6) is 0 Å². The van der Waals surface area contributed by atoms with E-state index >= 15 is 0 Å². The van der Waals surface area contributed by atoms with Crippen LogP contribution in [0.15, 0.2) is 134 Å². The van der Waals surface area contributed by atoms with Crippen LogP contribution in [-0.2, 0) is 28.6 Å². The second-order valence-electron chi connectivity index (χ2n) is 19.5. The van der Waals surface area contributed by atoms with E-state index in [0.717, 1.165) is 128 Å². The van der Waals surface area contributed by atoms with Gasteiger partial charge in [-0.3, -0.25) is 14.4 Å². The second-order valence-corrected chi connectivity index (χ2v) is 19.5. The summed E-state index contributed by atoms with van der Waals surface area (Å²) in [4.78, 5) is 38.2. The minimum absolute atomic E-state index is 0.110. The fourth-order valence-electron chi connectivity index (χ4n) is 7.90. The molecule has 0 spiro atoms. The second kappa shape index (κ2) is 61.1. The number of allylic oxidation sites excluding steroid dienone is 22. The van der Waals surface area contributed by atoms with Crippen molar-refractivity contribution in [1.82, 2.24) is 0 Å². The highest BCUT2D eigenvalue weighted by atomic mass is 16.6. The van der Waals surface area contributed by atoms with Gasteiger partial charge in [-0.25, -0.2) is 0 Å². The van der Waals surface area contributed by atoms with Gasteiger partial charge in [0.1, 0.15) is 13.2 Å². The van der Waals surface area contributed by atoms with Crippen LogP contribution >= 0.6 is 0 Å². The molecule has 74 heavy (non-hydrogen) atoms. The molecule has 0 rings (SSSR count). The zero-order valence-corrected chi connectivity index (χ0v) is 47.8. The van der Waals surface area contributed by atoms with E-state index in [-0.39, 0.29) is 37.5 Å². The number of hydrogen-bond donors (Lipinski definition) is 0. The lowest BCUT2D eigenvalue weighted by atomic mass is 10.0. The van der Waals surface area contributed by atoms with Gasteiger partial charge in [-0.1, -0.05) is 251 Å². The van der Waals surface area contributed by atoms with Crippen LogP contribution in [0.2, 0.25) is 0 Å². The van der Waals surface area contributed by atoms with E-state index in [4.69, 9.17) is 14.2 Å². The zero-order chi connectivity index (χ0) is 53.6. The molecule has 0 aromatic carbocycles. The fourth-order valence-corrected chi connectivity index (χ4v) is 7.90. The number of carbonyl (C=O) groups is 3. The van der Waals surface area contributed by atoms with Crippen LogP contribution in [0.3, 0.4) is 0 Å². The first kappa shape index (κ1) is 69.5. The predicted octanol–water partition coefficient (Wildman–Crippen LogP) is 20.6. The van der Waals surface area contributed by atoms with Crippen LogP contribution in [0, 0.1) is 0 Å². The Morgan fingerprint density at radius 1 is 0.284 bits per heavy atom. The lowest BCUT2D eigenvalue weighted by Gasteiger charge is -2.18. The molecule has 6 heteroatoms. The van der Waals surface area contributed by atoms with Crippen molar-refractivity contribution in [2.45, 2.75) is 264 Å². The van der Waals surface area contributed by atoms with Gasteiger partial charge in [-0.05, 0) is 122 Å². The minimum atomic E-state index is -0.819. The normalized spacial score (nSPS) is 13.1. The van der Waals surface area contributed by atoms with Gasteiger partial charge in [-0.2, -0.15) is 0 Å². The Kier molecular flexibility index (Phi) is 57.4. The molecule has 0 bridgehead atoms. The summed E-state index contributed by atoms with van der Waals surface area (Å²) >= 11 is 0. The van der Waals surface area contributed by atoms with Gasteiger partial charge < -0.3 is 14.2 Å². The van der Waals surface area contributed by atoms with Crippen LogP contribution in [0.4, 0.5) is 0 Å². The van der Waals surface area contributed by atoms with Crippen molar-refractivity contribution in [2.75, 3.05) is 13.2 Å². The fraction of sp³-hybridized carbons (Fsp3) is 0.632. The number of ether oxygens (including phenoxy) is 3. The molecule has 418 valence electrons. The Balaban J connectivity index is 4.42. The quantitative estimate of drug-likeness (QED) is 0.0261. The topological polar surface area (TPSA) is 78.9 Å². The molecule has 1 unspecified atom stereocenters. The van der Waals surface area contributed by atoms with E-state index in [1.165, 1.54) is 83.5 Å². The maximum Gasteiger partial charge on any atom is 0.306 e. The number of rotatable bonds is 53. The molecular formula is C68H110O6. The van der Waals surface area contributed by atoms with E-state index in [0.29, 0.717) is 19.3 Å². The van der Waals surface area contributed by atoms with Gasteiger partial charge in [0.15, 0.2) is 6.10 Å². The molecule has 0 aliphatic carbocycles. The molecule has 0 aromatic heterocycles. The Labute approximate surface area is 455 Å². The molecule has 0 saturated heterocycles. The number of unbranched alkanes of at least 4 members (excludes halogenated alkanes) is 20. The van der Waals surface area contributed by atoms with Gasteiger partial charge >= 0.3 is 17.9 Å². The number of hydrogen-bond acceptors (Lipinski definition) is 6. The average Bonchev–Trinajstić information content (AvgIpc) is 3.40. The van der Waals surface area contributed by atoms with Crippen molar-refractivity contribution in [3.63, 3.8) is 0 Å². The molecule has 0 fully saturated rings. The summed E-state index contributed by atoms with van der Waals surface area (Å²) in [5.74, 6) is -0.986. The molecule has 0 radical (unpaired) electrons. The molecule has 0 aliphatic rings. The van der Waals surface area contributed by atoms with Crippen LogP contribution in [0.25, 0.3) is 0 Å². The Morgan fingerprint density at radius 2 is 0.541 bits per heavy atom. The molecule has 0 amide bonds. The monoisotopic (exact) mass is 1020 g/mol.